The molecule has 0 radical (unpaired) electrons. The van der Waals surface area contributed by atoms with Gasteiger partial charge in [0.05, 0.1) is 0 Å². The second-order valence-electron chi connectivity index (χ2n) is 5.27. The Bertz CT molecular complexity index is 370. The van der Waals surface area contributed by atoms with E-state index in [1.165, 1.54) is 4.90 Å². The lowest BCUT2D eigenvalue weighted by Gasteiger charge is -2.23. The number of nitrogens with one attached hydrogen (secondary N) is 1. The lowest BCUT2D eigenvalue weighted by Crippen LogP contribution is -2.51. The molecule has 1 heterocycles. The van der Waals surface area contributed by atoms with Crippen LogP contribution in [-0.2, 0) is 9.59 Å². The number of rotatable bonds is 5. The highest BCUT2D eigenvalue weighted by molar-refractivity contribution is 5.86. The zero-order valence-corrected chi connectivity index (χ0v) is 11.3. The molecule has 1 fully saturated rings. The highest BCUT2D eigenvalue weighted by Crippen LogP contribution is 2.19. The normalized spacial score (nSPS) is 20.4. The summed E-state index contributed by atoms with van der Waals surface area (Å²) in [4.78, 5) is 35.3. The van der Waals surface area contributed by atoms with Crippen LogP contribution in [-0.4, -0.2) is 47.0 Å². The first-order chi connectivity index (χ1) is 8.81. The van der Waals surface area contributed by atoms with Gasteiger partial charge in [-0.1, -0.05) is 13.8 Å². The van der Waals surface area contributed by atoms with Crippen LogP contribution in [0.5, 0.6) is 0 Å². The number of nitrogens with two attached hydrogens (primary N) is 1. The van der Waals surface area contributed by atoms with E-state index in [9.17, 15) is 14.4 Å². The molecular formula is C12H21N3O4. The molecule has 0 spiro atoms. The van der Waals surface area contributed by atoms with Crippen molar-refractivity contribution in [1.82, 2.24) is 10.2 Å². The summed E-state index contributed by atoms with van der Waals surface area (Å²) in [6.07, 6.45) is 0.732. The van der Waals surface area contributed by atoms with Crippen molar-refractivity contribution >= 4 is 17.9 Å². The smallest absolute Gasteiger partial charge is 0.318 e. The number of primary amides is 1. The van der Waals surface area contributed by atoms with Gasteiger partial charge in [-0.3, -0.25) is 9.59 Å². The number of carboxylic acid groups (broad SMARTS) is 1. The predicted molar refractivity (Wildman–Crippen MR) is 68.3 cm³/mol. The summed E-state index contributed by atoms with van der Waals surface area (Å²) in [6.45, 7) is 4.51. The van der Waals surface area contributed by atoms with Crippen LogP contribution in [0.15, 0.2) is 0 Å². The molecule has 108 valence electrons. The summed E-state index contributed by atoms with van der Waals surface area (Å²) in [7, 11) is 0. The molecular weight excluding hydrogens is 250 g/mol. The van der Waals surface area contributed by atoms with Gasteiger partial charge in [0.15, 0.2) is 0 Å². The number of aliphatic carboxylic acids is 1. The molecule has 0 aromatic heterocycles. The van der Waals surface area contributed by atoms with Crippen LogP contribution in [0.3, 0.4) is 0 Å². The average Bonchev–Trinajstić information content (AvgIpc) is 2.72. The quantitative estimate of drug-likeness (QED) is 0.653. The minimum atomic E-state index is -0.857. The molecule has 2 atom stereocenters. The van der Waals surface area contributed by atoms with Crippen molar-refractivity contribution in [3.8, 4) is 0 Å². The van der Waals surface area contributed by atoms with E-state index in [4.69, 9.17) is 10.8 Å². The third-order valence-electron chi connectivity index (χ3n) is 3.29. The molecule has 1 rings (SSSR count). The Labute approximate surface area is 112 Å². The highest BCUT2D eigenvalue weighted by Gasteiger charge is 2.30. The Morgan fingerprint density at radius 2 is 2.05 bits per heavy atom. The second-order valence-corrected chi connectivity index (χ2v) is 5.27. The molecule has 7 heteroatoms. The molecule has 1 aliphatic heterocycles. The van der Waals surface area contributed by atoms with Gasteiger partial charge in [-0.05, 0) is 18.3 Å². The molecule has 3 amide bonds. The van der Waals surface area contributed by atoms with Crippen LogP contribution >= 0.6 is 0 Å². The minimum Gasteiger partial charge on any atom is -0.481 e. The van der Waals surface area contributed by atoms with Crippen LogP contribution in [0.4, 0.5) is 4.79 Å². The zero-order chi connectivity index (χ0) is 14.6. The van der Waals surface area contributed by atoms with Gasteiger partial charge in [0.1, 0.15) is 6.04 Å². The molecule has 1 aliphatic rings. The van der Waals surface area contributed by atoms with Gasteiger partial charge in [0.2, 0.25) is 5.91 Å². The second kappa shape index (κ2) is 6.40. The lowest BCUT2D eigenvalue weighted by molar-refractivity contribution is -0.138. The van der Waals surface area contributed by atoms with Crippen molar-refractivity contribution in [2.75, 3.05) is 13.1 Å². The number of urea groups is 1. The Balaban J connectivity index is 2.51. The number of hydrogen-bond donors (Lipinski definition) is 3. The average molecular weight is 271 g/mol. The van der Waals surface area contributed by atoms with E-state index in [2.05, 4.69) is 5.32 Å². The first kappa shape index (κ1) is 15.3. The summed E-state index contributed by atoms with van der Waals surface area (Å²) in [5.41, 5.74) is 5.23. The van der Waals surface area contributed by atoms with Gasteiger partial charge in [0.25, 0.3) is 0 Å². The molecule has 2 unspecified atom stereocenters. The van der Waals surface area contributed by atoms with E-state index in [1.807, 2.05) is 0 Å². The van der Waals surface area contributed by atoms with Gasteiger partial charge in [-0.25, -0.2) is 4.79 Å². The third kappa shape index (κ3) is 4.42. The number of hydrogen-bond acceptors (Lipinski definition) is 3. The number of amides is 3. The lowest BCUT2D eigenvalue weighted by atomic mass is 10.0. The van der Waals surface area contributed by atoms with E-state index in [-0.39, 0.29) is 24.3 Å². The van der Waals surface area contributed by atoms with E-state index in [1.54, 1.807) is 13.8 Å². The summed E-state index contributed by atoms with van der Waals surface area (Å²) in [6, 6.07) is -1.06. The fourth-order valence-corrected chi connectivity index (χ4v) is 2.22. The van der Waals surface area contributed by atoms with Crippen LogP contribution in [0.2, 0.25) is 0 Å². The van der Waals surface area contributed by atoms with Crippen molar-refractivity contribution in [1.29, 1.82) is 0 Å². The van der Waals surface area contributed by atoms with Gasteiger partial charge in [-0.2, -0.15) is 0 Å². The van der Waals surface area contributed by atoms with Crippen molar-refractivity contribution in [3.63, 3.8) is 0 Å². The van der Waals surface area contributed by atoms with Crippen molar-refractivity contribution in [2.45, 2.75) is 32.7 Å². The molecule has 0 aliphatic carbocycles. The Hall–Kier alpha value is -1.79. The standard InChI is InChI=1S/C12H21N3O4/c1-7(2)10(11(13)18)14-12(19)15-4-3-8(6-15)5-9(16)17/h7-8,10H,3-6H2,1-2H3,(H2,13,18)(H,14,19)(H,16,17). The SMILES string of the molecule is CC(C)C(NC(=O)N1CCC(CC(=O)O)C1)C(N)=O. The van der Waals surface area contributed by atoms with E-state index in [0.29, 0.717) is 19.5 Å². The van der Waals surface area contributed by atoms with Crippen LogP contribution in [0.1, 0.15) is 26.7 Å². The number of carbonyl (C=O) groups is 3. The molecule has 0 aromatic rings. The van der Waals surface area contributed by atoms with Gasteiger partial charge >= 0.3 is 12.0 Å². The fourth-order valence-electron chi connectivity index (χ4n) is 2.22. The Morgan fingerprint density at radius 1 is 1.42 bits per heavy atom. The zero-order valence-electron chi connectivity index (χ0n) is 11.3. The minimum absolute atomic E-state index is 0.0191. The van der Waals surface area contributed by atoms with E-state index < -0.39 is 17.9 Å². The molecule has 1 saturated heterocycles. The van der Waals surface area contributed by atoms with Crippen LogP contribution in [0, 0.1) is 11.8 Å². The van der Waals surface area contributed by atoms with Gasteiger partial charge in [-0.15, -0.1) is 0 Å². The van der Waals surface area contributed by atoms with Crippen molar-refractivity contribution in [3.05, 3.63) is 0 Å². The molecule has 0 aromatic carbocycles. The largest absolute Gasteiger partial charge is 0.481 e. The molecule has 4 N–H and O–H groups in total. The van der Waals surface area contributed by atoms with E-state index >= 15 is 0 Å². The number of carbonyl (C=O) groups excluding carboxylic acids is 2. The molecule has 0 saturated carbocycles. The molecule has 7 nitrogen and oxygen atoms in total. The van der Waals surface area contributed by atoms with Crippen LogP contribution < -0.4 is 11.1 Å². The predicted octanol–water partition coefficient (Wildman–Crippen LogP) is 0.00250. The first-order valence-corrected chi connectivity index (χ1v) is 6.37. The molecule has 0 bridgehead atoms. The monoisotopic (exact) mass is 271 g/mol. The first-order valence-electron chi connectivity index (χ1n) is 6.37. The molecule has 19 heavy (non-hydrogen) atoms. The number of nitrogens with zero attached hydrogens (tertiary/aromatic N) is 1. The summed E-state index contributed by atoms with van der Waals surface area (Å²) in [5, 5.41) is 11.3. The summed E-state index contributed by atoms with van der Waals surface area (Å²) >= 11 is 0. The Kier molecular flexibility index (Phi) is 5.14. The fraction of sp³-hybridized carbons (Fsp3) is 0.750. The van der Waals surface area contributed by atoms with Gasteiger partial charge < -0.3 is 21.1 Å². The summed E-state index contributed by atoms with van der Waals surface area (Å²) in [5.74, 6) is -1.53. The maximum Gasteiger partial charge on any atom is 0.318 e. The maximum atomic E-state index is 12.0. The third-order valence-corrected chi connectivity index (χ3v) is 3.29. The number of likely N-dealkylation sites (tertiary alicyclic amines) is 1. The van der Waals surface area contributed by atoms with Crippen molar-refractivity contribution < 1.29 is 19.5 Å². The Morgan fingerprint density at radius 3 is 2.53 bits per heavy atom. The van der Waals surface area contributed by atoms with Gasteiger partial charge in [0, 0.05) is 19.5 Å². The van der Waals surface area contributed by atoms with Crippen molar-refractivity contribution in [2.24, 2.45) is 17.6 Å². The maximum absolute atomic E-state index is 12.0. The topological polar surface area (TPSA) is 113 Å². The van der Waals surface area contributed by atoms with E-state index in [0.717, 1.165) is 0 Å². The number of carboxylic acids is 1. The summed E-state index contributed by atoms with van der Waals surface area (Å²) < 4.78 is 0. The van der Waals surface area contributed by atoms with Crippen LogP contribution in [0.25, 0.3) is 0 Å². The highest BCUT2D eigenvalue weighted by atomic mass is 16.4.